The van der Waals surface area contributed by atoms with E-state index in [0.717, 1.165) is 6.42 Å². The maximum absolute atomic E-state index is 13.0. The van der Waals surface area contributed by atoms with Crippen LogP contribution in [0.3, 0.4) is 0 Å². The molecule has 0 spiro atoms. The first kappa shape index (κ1) is 11.3. The third-order valence-corrected chi connectivity index (χ3v) is 2.56. The molecule has 1 atom stereocenters. The summed E-state index contributed by atoms with van der Waals surface area (Å²) in [5.74, 6) is 0.145. The maximum atomic E-state index is 13.0. The zero-order valence-corrected chi connectivity index (χ0v) is 9.77. The highest BCUT2D eigenvalue weighted by Crippen LogP contribution is 2.29. The molecule has 1 unspecified atom stereocenters. The van der Waals surface area contributed by atoms with Gasteiger partial charge in [0.2, 0.25) is 0 Å². The number of hydrogen-bond donors (Lipinski definition) is 1. The van der Waals surface area contributed by atoms with E-state index >= 15 is 0 Å². The molecule has 0 saturated heterocycles. The van der Waals surface area contributed by atoms with Crippen molar-refractivity contribution >= 4 is 21.6 Å². The predicted molar refractivity (Wildman–Crippen MR) is 58.9 cm³/mol. The number of ether oxygens (including phenoxy) is 1. The Morgan fingerprint density at radius 3 is 2.79 bits per heavy atom. The van der Waals surface area contributed by atoms with Crippen LogP contribution in [0.4, 0.5) is 10.1 Å². The largest absolute Gasteiger partial charge is 0.489 e. The van der Waals surface area contributed by atoms with Gasteiger partial charge in [0.25, 0.3) is 0 Å². The van der Waals surface area contributed by atoms with Crippen molar-refractivity contribution in [2.24, 2.45) is 0 Å². The van der Waals surface area contributed by atoms with Gasteiger partial charge in [-0.3, -0.25) is 0 Å². The minimum atomic E-state index is -0.376. The Hall–Kier alpha value is -0.770. The highest BCUT2D eigenvalue weighted by molar-refractivity contribution is 9.10. The molecule has 2 N–H and O–H groups in total. The minimum absolute atomic E-state index is 0.0784. The fraction of sp³-hybridized carbons (Fsp3) is 0.400. The molecule has 0 amide bonds. The topological polar surface area (TPSA) is 35.2 Å². The minimum Gasteiger partial charge on any atom is -0.489 e. The number of nitrogen functional groups attached to an aromatic ring is 1. The molecule has 1 aromatic carbocycles. The smallest absolute Gasteiger partial charge is 0.143 e. The van der Waals surface area contributed by atoms with Gasteiger partial charge in [-0.2, -0.15) is 0 Å². The van der Waals surface area contributed by atoms with Gasteiger partial charge in [0.15, 0.2) is 0 Å². The molecule has 1 aromatic rings. The molecule has 0 aliphatic rings. The van der Waals surface area contributed by atoms with Crippen molar-refractivity contribution < 1.29 is 9.13 Å². The average Bonchev–Trinajstić information content (AvgIpc) is 2.14. The van der Waals surface area contributed by atoms with Gasteiger partial charge in [-0.1, -0.05) is 6.92 Å². The first-order valence-electron chi connectivity index (χ1n) is 4.45. The summed E-state index contributed by atoms with van der Waals surface area (Å²) < 4.78 is 18.9. The van der Waals surface area contributed by atoms with Gasteiger partial charge in [0, 0.05) is 6.07 Å². The maximum Gasteiger partial charge on any atom is 0.143 e. The van der Waals surface area contributed by atoms with E-state index in [0.29, 0.717) is 15.9 Å². The van der Waals surface area contributed by atoms with Crippen LogP contribution in [0.5, 0.6) is 5.75 Å². The highest BCUT2D eigenvalue weighted by Gasteiger charge is 2.09. The lowest BCUT2D eigenvalue weighted by Crippen LogP contribution is -2.11. The van der Waals surface area contributed by atoms with Gasteiger partial charge in [0.1, 0.15) is 11.6 Å². The van der Waals surface area contributed by atoms with Crippen LogP contribution in [-0.4, -0.2) is 6.10 Å². The van der Waals surface area contributed by atoms with Crippen LogP contribution in [0.2, 0.25) is 0 Å². The van der Waals surface area contributed by atoms with E-state index in [1.807, 2.05) is 13.8 Å². The van der Waals surface area contributed by atoms with E-state index < -0.39 is 0 Å². The molecule has 0 heterocycles. The first-order chi connectivity index (χ1) is 6.54. The Labute approximate surface area is 91.4 Å². The van der Waals surface area contributed by atoms with Gasteiger partial charge in [-0.15, -0.1) is 0 Å². The van der Waals surface area contributed by atoms with Crippen molar-refractivity contribution in [2.75, 3.05) is 5.73 Å². The van der Waals surface area contributed by atoms with Crippen molar-refractivity contribution in [1.82, 2.24) is 0 Å². The third kappa shape index (κ3) is 2.61. The molecule has 14 heavy (non-hydrogen) atoms. The summed E-state index contributed by atoms with van der Waals surface area (Å²) in [7, 11) is 0. The van der Waals surface area contributed by atoms with Gasteiger partial charge in [0.05, 0.1) is 16.3 Å². The fourth-order valence-electron chi connectivity index (χ4n) is 0.946. The van der Waals surface area contributed by atoms with Crippen LogP contribution >= 0.6 is 15.9 Å². The van der Waals surface area contributed by atoms with E-state index in [2.05, 4.69) is 15.9 Å². The van der Waals surface area contributed by atoms with Gasteiger partial charge in [-0.25, -0.2) is 4.39 Å². The van der Waals surface area contributed by atoms with Crippen LogP contribution in [0.1, 0.15) is 20.3 Å². The lowest BCUT2D eigenvalue weighted by atomic mass is 10.2. The van der Waals surface area contributed by atoms with E-state index in [9.17, 15) is 4.39 Å². The van der Waals surface area contributed by atoms with Crippen LogP contribution in [0.15, 0.2) is 16.6 Å². The number of hydrogen-bond acceptors (Lipinski definition) is 2. The summed E-state index contributed by atoms with van der Waals surface area (Å²) in [5.41, 5.74) is 5.93. The van der Waals surface area contributed by atoms with Gasteiger partial charge in [-0.05, 0) is 35.3 Å². The molecule has 0 aliphatic heterocycles. The van der Waals surface area contributed by atoms with E-state index in [1.54, 1.807) is 6.07 Å². The molecular formula is C10H13BrFNO. The lowest BCUT2D eigenvalue weighted by Gasteiger charge is -2.14. The summed E-state index contributed by atoms with van der Waals surface area (Å²) in [4.78, 5) is 0. The van der Waals surface area contributed by atoms with Crippen LogP contribution in [0.25, 0.3) is 0 Å². The quantitative estimate of drug-likeness (QED) is 0.848. The average molecular weight is 262 g/mol. The van der Waals surface area contributed by atoms with Crippen LogP contribution < -0.4 is 10.5 Å². The second-order valence-corrected chi connectivity index (χ2v) is 4.00. The summed E-state index contributed by atoms with van der Waals surface area (Å²) in [6.45, 7) is 3.95. The summed E-state index contributed by atoms with van der Waals surface area (Å²) in [5, 5.41) is 0. The Balaban J connectivity index is 2.92. The van der Waals surface area contributed by atoms with Crippen LogP contribution in [0, 0.1) is 5.82 Å². The molecule has 0 aromatic heterocycles. The molecule has 0 saturated carbocycles. The Morgan fingerprint density at radius 2 is 2.21 bits per heavy atom. The summed E-state index contributed by atoms with van der Waals surface area (Å²) in [6, 6.07) is 2.80. The second kappa shape index (κ2) is 4.64. The Morgan fingerprint density at radius 1 is 1.57 bits per heavy atom. The monoisotopic (exact) mass is 261 g/mol. The molecule has 78 valence electrons. The third-order valence-electron chi connectivity index (χ3n) is 1.96. The standard InChI is InChI=1S/C10H13BrFNO/c1-3-6(2)14-10-4-7(11)8(12)5-9(10)13/h4-6H,3,13H2,1-2H3. The number of anilines is 1. The van der Waals surface area contributed by atoms with Gasteiger partial charge >= 0.3 is 0 Å². The second-order valence-electron chi connectivity index (χ2n) is 3.14. The summed E-state index contributed by atoms with van der Waals surface area (Å²) in [6.07, 6.45) is 0.962. The molecule has 1 rings (SSSR count). The molecule has 4 heteroatoms. The van der Waals surface area contributed by atoms with Crippen molar-refractivity contribution in [2.45, 2.75) is 26.4 Å². The number of halogens is 2. The number of rotatable bonds is 3. The SMILES string of the molecule is CCC(C)Oc1cc(Br)c(F)cc1N. The number of nitrogens with two attached hydrogens (primary N) is 1. The molecule has 0 aliphatic carbocycles. The number of benzene rings is 1. The summed E-state index contributed by atoms with van der Waals surface area (Å²) >= 11 is 3.08. The van der Waals surface area contributed by atoms with Crippen molar-refractivity contribution in [3.05, 3.63) is 22.4 Å². The molecule has 0 fully saturated rings. The predicted octanol–water partition coefficient (Wildman–Crippen LogP) is 3.35. The molecular weight excluding hydrogens is 249 g/mol. The Kier molecular flexibility index (Phi) is 3.75. The van der Waals surface area contributed by atoms with Crippen LogP contribution in [-0.2, 0) is 0 Å². The van der Waals surface area contributed by atoms with Crippen molar-refractivity contribution in [3.8, 4) is 5.75 Å². The molecule has 0 radical (unpaired) electrons. The zero-order valence-electron chi connectivity index (χ0n) is 8.18. The van der Waals surface area contributed by atoms with Crippen molar-refractivity contribution in [1.29, 1.82) is 0 Å². The van der Waals surface area contributed by atoms with E-state index in [4.69, 9.17) is 10.5 Å². The molecule has 0 bridgehead atoms. The first-order valence-corrected chi connectivity index (χ1v) is 5.25. The normalized spacial score (nSPS) is 12.6. The van der Waals surface area contributed by atoms with Gasteiger partial charge < -0.3 is 10.5 Å². The van der Waals surface area contributed by atoms with Crippen molar-refractivity contribution in [3.63, 3.8) is 0 Å². The molecule has 2 nitrogen and oxygen atoms in total. The highest BCUT2D eigenvalue weighted by atomic mass is 79.9. The van der Waals surface area contributed by atoms with E-state index in [-0.39, 0.29) is 11.9 Å². The fourth-order valence-corrected chi connectivity index (χ4v) is 1.27. The lowest BCUT2D eigenvalue weighted by molar-refractivity contribution is 0.218. The zero-order chi connectivity index (χ0) is 10.7. The Bertz CT molecular complexity index is 330. The van der Waals surface area contributed by atoms with E-state index in [1.165, 1.54) is 6.07 Å².